The summed E-state index contributed by atoms with van der Waals surface area (Å²) in [6.45, 7) is 0. The SMILES string of the molecule is O=[N+]([O-])c1cccc(P2(=O)C=CCC2)c1. The van der Waals surface area contributed by atoms with Crippen molar-refractivity contribution in [1.82, 2.24) is 0 Å². The predicted molar refractivity (Wildman–Crippen MR) is 59.0 cm³/mol. The zero-order valence-corrected chi connectivity index (χ0v) is 8.89. The van der Waals surface area contributed by atoms with E-state index < -0.39 is 12.1 Å². The van der Waals surface area contributed by atoms with Crippen molar-refractivity contribution < 1.29 is 9.49 Å². The lowest BCUT2D eigenvalue weighted by molar-refractivity contribution is -0.384. The van der Waals surface area contributed by atoms with E-state index in [1.54, 1.807) is 17.9 Å². The van der Waals surface area contributed by atoms with Crippen molar-refractivity contribution in [3.8, 4) is 0 Å². The molecule has 0 spiro atoms. The molecule has 0 N–H and O–H groups in total. The number of nitrogens with zero attached hydrogens (tertiary/aromatic N) is 1. The fraction of sp³-hybridized carbons (Fsp3) is 0.200. The first kappa shape index (κ1) is 10.1. The van der Waals surface area contributed by atoms with Gasteiger partial charge in [-0.15, -0.1) is 0 Å². The monoisotopic (exact) mass is 223 g/mol. The predicted octanol–water partition coefficient (Wildman–Crippen LogP) is 2.50. The molecule has 1 aliphatic rings. The summed E-state index contributed by atoms with van der Waals surface area (Å²) in [4.78, 5) is 10.1. The van der Waals surface area contributed by atoms with Crippen LogP contribution in [0.5, 0.6) is 0 Å². The third kappa shape index (κ3) is 1.85. The molecular formula is C10H10NO3P. The van der Waals surface area contributed by atoms with Gasteiger partial charge in [-0.1, -0.05) is 18.2 Å². The van der Waals surface area contributed by atoms with Crippen LogP contribution in [0.15, 0.2) is 36.2 Å². The summed E-state index contributed by atoms with van der Waals surface area (Å²) in [7, 11) is -2.47. The Bertz CT molecular complexity index is 481. The second-order valence-electron chi connectivity index (χ2n) is 3.47. The average Bonchev–Trinajstić information content (AvgIpc) is 2.67. The van der Waals surface area contributed by atoms with Crippen LogP contribution in [0.1, 0.15) is 6.42 Å². The second kappa shape index (κ2) is 3.63. The molecular weight excluding hydrogens is 213 g/mol. The Labute approximate surface area is 87.1 Å². The fourth-order valence-electron chi connectivity index (χ4n) is 1.64. The smallest absolute Gasteiger partial charge is 0.270 e. The summed E-state index contributed by atoms with van der Waals surface area (Å²) in [5.41, 5.74) is 0.00280. The first-order valence-corrected chi connectivity index (χ1v) is 6.59. The van der Waals surface area contributed by atoms with Gasteiger partial charge in [0.2, 0.25) is 0 Å². The van der Waals surface area contributed by atoms with E-state index in [4.69, 9.17) is 0 Å². The summed E-state index contributed by atoms with van der Waals surface area (Å²) < 4.78 is 12.3. The first-order valence-electron chi connectivity index (χ1n) is 4.63. The standard InChI is InChI=1S/C10H10NO3P/c12-11(13)9-4-3-5-10(8-9)15(14)6-1-2-7-15/h1,3-6,8H,2,7H2. The minimum absolute atomic E-state index is 0.00280. The molecule has 0 aromatic heterocycles. The van der Waals surface area contributed by atoms with E-state index in [1.165, 1.54) is 12.1 Å². The molecule has 4 nitrogen and oxygen atoms in total. The van der Waals surface area contributed by atoms with Gasteiger partial charge in [-0.3, -0.25) is 10.1 Å². The van der Waals surface area contributed by atoms with Gasteiger partial charge in [0.25, 0.3) is 5.69 Å². The van der Waals surface area contributed by atoms with Gasteiger partial charge in [-0.05, 0) is 12.2 Å². The fourth-order valence-corrected chi connectivity index (χ4v) is 3.93. The van der Waals surface area contributed by atoms with Crippen LogP contribution in [-0.4, -0.2) is 11.1 Å². The van der Waals surface area contributed by atoms with E-state index >= 15 is 0 Å². The van der Waals surface area contributed by atoms with Crippen LogP contribution in [0.25, 0.3) is 0 Å². The van der Waals surface area contributed by atoms with Gasteiger partial charge < -0.3 is 4.57 Å². The van der Waals surface area contributed by atoms with Crippen LogP contribution in [0.4, 0.5) is 5.69 Å². The molecule has 1 atom stereocenters. The van der Waals surface area contributed by atoms with Crippen molar-refractivity contribution in [2.75, 3.05) is 6.16 Å². The molecule has 2 rings (SSSR count). The summed E-state index contributed by atoms with van der Waals surface area (Å²) in [5.74, 6) is 1.70. The van der Waals surface area contributed by atoms with Crippen molar-refractivity contribution in [2.45, 2.75) is 6.42 Å². The molecule has 0 saturated carbocycles. The maximum absolute atomic E-state index is 12.3. The Morgan fingerprint density at radius 2 is 2.20 bits per heavy atom. The summed E-state index contributed by atoms with van der Waals surface area (Å²) in [6.07, 6.45) is 3.26. The number of allylic oxidation sites excluding steroid dienone is 1. The van der Waals surface area contributed by atoms with Gasteiger partial charge in [0, 0.05) is 23.6 Å². The van der Waals surface area contributed by atoms with Gasteiger partial charge >= 0.3 is 0 Å². The molecule has 1 aliphatic heterocycles. The van der Waals surface area contributed by atoms with E-state index in [0.717, 1.165) is 6.42 Å². The molecule has 0 amide bonds. The topological polar surface area (TPSA) is 60.2 Å². The third-order valence-corrected chi connectivity index (χ3v) is 5.22. The molecule has 78 valence electrons. The van der Waals surface area contributed by atoms with Crippen molar-refractivity contribution in [3.05, 3.63) is 46.3 Å². The van der Waals surface area contributed by atoms with Gasteiger partial charge in [0.05, 0.1) is 4.92 Å². The number of benzene rings is 1. The molecule has 0 fully saturated rings. The van der Waals surface area contributed by atoms with E-state index in [0.29, 0.717) is 11.5 Å². The Morgan fingerprint density at radius 3 is 2.80 bits per heavy atom. The highest BCUT2D eigenvalue weighted by Crippen LogP contribution is 2.50. The van der Waals surface area contributed by atoms with Crippen LogP contribution in [-0.2, 0) is 4.57 Å². The van der Waals surface area contributed by atoms with E-state index in [-0.39, 0.29) is 5.69 Å². The number of nitro groups is 1. The summed E-state index contributed by atoms with van der Waals surface area (Å²) in [6, 6.07) is 6.11. The number of hydrogen-bond donors (Lipinski definition) is 0. The molecule has 0 bridgehead atoms. The highest BCUT2D eigenvalue weighted by Gasteiger charge is 2.25. The molecule has 1 aromatic rings. The van der Waals surface area contributed by atoms with Gasteiger partial charge in [-0.2, -0.15) is 0 Å². The van der Waals surface area contributed by atoms with Crippen LogP contribution in [0, 0.1) is 10.1 Å². The lowest BCUT2D eigenvalue weighted by Crippen LogP contribution is -2.04. The Morgan fingerprint density at radius 1 is 1.40 bits per heavy atom. The Hall–Kier alpha value is -1.41. The average molecular weight is 223 g/mol. The van der Waals surface area contributed by atoms with Crippen molar-refractivity contribution in [1.29, 1.82) is 0 Å². The summed E-state index contributed by atoms with van der Waals surface area (Å²) >= 11 is 0. The molecule has 5 heteroatoms. The zero-order valence-electron chi connectivity index (χ0n) is 8.00. The Kier molecular flexibility index (Phi) is 2.45. The molecule has 1 heterocycles. The van der Waals surface area contributed by atoms with Gasteiger partial charge in [0.1, 0.15) is 7.14 Å². The summed E-state index contributed by atoms with van der Waals surface area (Å²) in [5, 5.41) is 11.2. The van der Waals surface area contributed by atoms with Crippen LogP contribution in [0.2, 0.25) is 0 Å². The lowest BCUT2D eigenvalue weighted by atomic mass is 10.3. The zero-order chi connectivity index (χ0) is 10.9. The van der Waals surface area contributed by atoms with Gasteiger partial charge in [-0.25, -0.2) is 0 Å². The first-order chi connectivity index (χ1) is 7.12. The number of rotatable bonds is 2. The van der Waals surface area contributed by atoms with E-state index in [9.17, 15) is 14.7 Å². The maximum atomic E-state index is 12.3. The number of non-ortho nitro benzene ring substituents is 1. The molecule has 1 aromatic carbocycles. The van der Waals surface area contributed by atoms with Gasteiger partial charge in [0.15, 0.2) is 0 Å². The number of nitro benzene ring substituents is 1. The van der Waals surface area contributed by atoms with E-state index in [2.05, 4.69) is 0 Å². The molecule has 0 radical (unpaired) electrons. The Balaban J connectivity index is 2.45. The van der Waals surface area contributed by atoms with Crippen LogP contribution >= 0.6 is 7.14 Å². The normalized spacial score (nSPS) is 24.3. The van der Waals surface area contributed by atoms with Crippen molar-refractivity contribution >= 4 is 18.1 Å². The quantitative estimate of drug-likeness (QED) is 0.439. The third-order valence-electron chi connectivity index (χ3n) is 2.45. The van der Waals surface area contributed by atoms with Crippen molar-refractivity contribution in [3.63, 3.8) is 0 Å². The number of hydrogen-bond acceptors (Lipinski definition) is 3. The highest BCUT2D eigenvalue weighted by atomic mass is 31.2. The minimum Gasteiger partial charge on any atom is -0.314 e. The molecule has 1 unspecified atom stereocenters. The minimum atomic E-state index is -2.47. The lowest BCUT2D eigenvalue weighted by Gasteiger charge is -2.08. The largest absolute Gasteiger partial charge is 0.314 e. The van der Waals surface area contributed by atoms with Crippen LogP contribution in [0.3, 0.4) is 0 Å². The molecule has 0 saturated heterocycles. The van der Waals surface area contributed by atoms with Crippen LogP contribution < -0.4 is 5.30 Å². The molecule has 15 heavy (non-hydrogen) atoms. The van der Waals surface area contributed by atoms with E-state index in [1.807, 2.05) is 6.08 Å². The molecule has 0 aliphatic carbocycles. The second-order valence-corrected chi connectivity index (χ2v) is 6.32. The maximum Gasteiger partial charge on any atom is 0.270 e. The van der Waals surface area contributed by atoms with Crippen molar-refractivity contribution in [2.24, 2.45) is 0 Å². The highest BCUT2D eigenvalue weighted by molar-refractivity contribution is 7.74.